The van der Waals surface area contributed by atoms with E-state index in [-0.39, 0.29) is 0 Å². The van der Waals surface area contributed by atoms with E-state index in [4.69, 9.17) is 16.9 Å². The van der Waals surface area contributed by atoms with Crippen LogP contribution in [0.3, 0.4) is 0 Å². The molecule has 0 amide bonds. The Morgan fingerprint density at radius 3 is 2.59 bits per heavy atom. The quantitative estimate of drug-likeness (QED) is 0.792. The Morgan fingerprint density at radius 1 is 1.29 bits per heavy atom. The van der Waals surface area contributed by atoms with E-state index in [9.17, 15) is 0 Å². The molecular weight excluding hydrogens is 232 g/mol. The number of nitrogens with zero attached hydrogens (tertiary/aromatic N) is 2. The second-order valence-corrected chi connectivity index (χ2v) is 5.09. The summed E-state index contributed by atoms with van der Waals surface area (Å²) in [4.78, 5) is 2.27. The molecule has 1 aromatic carbocycles. The Morgan fingerprint density at radius 2 is 2.00 bits per heavy atom. The van der Waals surface area contributed by atoms with Gasteiger partial charge in [-0.05, 0) is 31.0 Å². The van der Waals surface area contributed by atoms with E-state index in [1.165, 1.54) is 32.1 Å². The normalized spacial score (nSPS) is 16.5. The number of hydrogen-bond donors (Lipinski definition) is 0. The Balaban J connectivity index is 2.18. The third-order valence-electron chi connectivity index (χ3n) is 3.58. The van der Waals surface area contributed by atoms with Gasteiger partial charge in [-0.15, -0.1) is 0 Å². The SMILES string of the molecule is CN(c1ccc(C#N)cc1Cl)C1CCCCC1. The molecule has 1 aliphatic carbocycles. The van der Waals surface area contributed by atoms with Crippen molar-refractivity contribution >= 4 is 17.3 Å². The zero-order valence-corrected chi connectivity index (χ0v) is 10.9. The predicted molar refractivity (Wildman–Crippen MR) is 71.4 cm³/mol. The van der Waals surface area contributed by atoms with Gasteiger partial charge in [-0.3, -0.25) is 0 Å². The maximum atomic E-state index is 8.82. The molecule has 0 unspecified atom stereocenters. The van der Waals surface area contributed by atoms with Crippen molar-refractivity contribution in [3.8, 4) is 6.07 Å². The summed E-state index contributed by atoms with van der Waals surface area (Å²) in [5.74, 6) is 0. The van der Waals surface area contributed by atoms with Crippen molar-refractivity contribution in [1.82, 2.24) is 0 Å². The smallest absolute Gasteiger partial charge is 0.0992 e. The van der Waals surface area contributed by atoms with Crippen LogP contribution in [0.15, 0.2) is 18.2 Å². The van der Waals surface area contributed by atoms with Gasteiger partial charge < -0.3 is 4.90 Å². The van der Waals surface area contributed by atoms with E-state index in [1.807, 2.05) is 12.1 Å². The first-order chi connectivity index (χ1) is 8.22. The van der Waals surface area contributed by atoms with E-state index < -0.39 is 0 Å². The molecule has 0 heterocycles. The van der Waals surface area contributed by atoms with Gasteiger partial charge in [-0.1, -0.05) is 30.9 Å². The molecule has 0 atom stereocenters. The van der Waals surface area contributed by atoms with Crippen molar-refractivity contribution < 1.29 is 0 Å². The average molecular weight is 249 g/mol. The summed E-state index contributed by atoms with van der Waals surface area (Å²) >= 11 is 6.23. The zero-order valence-electron chi connectivity index (χ0n) is 10.1. The van der Waals surface area contributed by atoms with Gasteiger partial charge in [0, 0.05) is 13.1 Å². The van der Waals surface area contributed by atoms with Gasteiger partial charge in [-0.25, -0.2) is 0 Å². The molecule has 90 valence electrons. The number of nitriles is 1. The highest BCUT2D eigenvalue weighted by Gasteiger charge is 2.19. The molecular formula is C14H17ClN2. The first kappa shape index (κ1) is 12.3. The third-order valence-corrected chi connectivity index (χ3v) is 3.88. The standard InChI is InChI=1S/C14H17ClN2/c1-17(12-5-3-2-4-6-12)14-8-7-11(10-16)9-13(14)15/h7-9,12H,2-6H2,1H3. The van der Waals surface area contributed by atoms with Gasteiger partial charge in [0.25, 0.3) is 0 Å². The average Bonchev–Trinajstić information content (AvgIpc) is 2.39. The predicted octanol–water partition coefficient (Wildman–Crippen LogP) is 3.98. The highest BCUT2D eigenvalue weighted by molar-refractivity contribution is 6.33. The number of halogens is 1. The molecule has 0 aromatic heterocycles. The Kier molecular flexibility index (Phi) is 3.91. The van der Waals surface area contributed by atoms with E-state index >= 15 is 0 Å². The van der Waals surface area contributed by atoms with Crippen LogP contribution in [-0.2, 0) is 0 Å². The maximum absolute atomic E-state index is 8.82. The molecule has 17 heavy (non-hydrogen) atoms. The van der Waals surface area contributed by atoms with Crippen LogP contribution in [-0.4, -0.2) is 13.1 Å². The van der Waals surface area contributed by atoms with E-state index in [1.54, 1.807) is 6.07 Å². The van der Waals surface area contributed by atoms with Crippen LogP contribution >= 0.6 is 11.6 Å². The Bertz CT molecular complexity index is 430. The van der Waals surface area contributed by atoms with Crippen molar-refractivity contribution in [2.45, 2.75) is 38.1 Å². The molecule has 2 rings (SSSR count). The van der Waals surface area contributed by atoms with Crippen LogP contribution in [0, 0.1) is 11.3 Å². The minimum absolute atomic E-state index is 0.592. The van der Waals surface area contributed by atoms with Gasteiger partial charge in [0.15, 0.2) is 0 Å². The Hall–Kier alpha value is -1.20. The summed E-state index contributed by atoms with van der Waals surface area (Å²) in [6.07, 6.45) is 6.46. The fourth-order valence-electron chi connectivity index (χ4n) is 2.53. The summed E-state index contributed by atoms with van der Waals surface area (Å²) in [6, 6.07) is 8.24. The van der Waals surface area contributed by atoms with Crippen LogP contribution in [0.1, 0.15) is 37.7 Å². The lowest BCUT2D eigenvalue weighted by Crippen LogP contribution is -2.33. The molecule has 0 saturated heterocycles. The molecule has 0 spiro atoms. The van der Waals surface area contributed by atoms with Crippen LogP contribution < -0.4 is 4.90 Å². The van der Waals surface area contributed by atoms with Gasteiger partial charge in [0.1, 0.15) is 0 Å². The first-order valence-corrected chi connectivity index (χ1v) is 6.52. The number of anilines is 1. The number of rotatable bonds is 2. The first-order valence-electron chi connectivity index (χ1n) is 6.15. The van der Waals surface area contributed by atoms with E-state index in [0.29, 0.717) is 16.6 Å². The molecule has 0 aliphatic heterocycles. The lowest BCUT2D eigenvalue weighted by atomic mass is 9.94. The number of hydrogen-bond acceptors (Lipinski definition) is 2. The van der Waals surface area contributed by atoms with Crippen LogP contribution in [0.2, 0.25) is 5.02 Å². The molecule has 1 aliphatic rings. The van der Waals surface area contributed by atoms with Gasteiger partial charge in [0.2, 0.25) is 0 Å². The Labute approximate surface area is 108 Å². The van der Waals surface area contributed by atoms with Crippen molar-refractivity contribution in [1.29, 1.82) is 5.26 Å². The summed E-state index contributed by atoms with van der Waals surface area (Å²) in [6.45, 7) is 0. The zero-order chi connectivity index (χ0) is 12.3. The fourth-order valence-corrected chi connectivity index (χ4v) is 2.84. The number of benzene rings is 1. The fraction of sp³-hybridized carbons (Fsp3) is 0.500. The summed E-state index contributed by atoms with van der Waals surface area (Å²) < 4.78 is 0. The monoisotopic (exact) mass is 248 g/mol. The molecule has 3 heteroatoms. The summed E-state index contributed by atoms with van der Waals surface area (Å²) in [5.41, 5.74) is 1.66. The maximum Gasteiger partial charge on any atom is 0.0992 e. The molecule has 0 radical (unpaired) electrons. The highest BCUT2D eigenvalue weighted by atomic mass is 35.5. The highest BCUT2D eigenvalue weighted by Crippen LogP contribution is 2.31. The largest absolute Gasteiger partial charge is 0.370 e. The molecule has 1 saturated carbocycles. The summed E-state index contributed by atoms with van der Waals surface area (Å²) in [7, 11) is 2.10. The van der Waals surface area contributed by atoms with Crippen LogP contribution in [0.25, 0.3) is 0 Å². The molecule has 2 nitrogen and oxygen atoms in total. The van der Waals surface area contributed by atoms with Gasteiger partial charge in [-0.2, -0.15) is 5.26 Å². The molecule has 0 N–H and O–H groups in total. The van der Waals surface area contributed by atoms with Crippen LogP contribution in [0.4, 0.5) is 5.69 Å². The summed E-state index contributed by atoms with van der Waals surface area (Å²) in [5, 5.41) is 9.50. The lowest BCUT2D eigenvalue weighted by Gasteiger charge is -2.33. The van der Waals surface area contributed by atoms with Crippen molar-refractivity contribution in [2.24, 2.45) is 0 Å². The third kappa shape index (κ3) is 2.73. The molecule has 1 fully saturated rings. The van der Waals surface area contributed by atoms with Crippen molar-refractivity contribution in [2.75, 3.05) is 11.9 Å². The van der Waals surface area contributed by atoms with Gasteiger partial charge >= 0.3 is 0 Å². The topological polar surface area (TPSA) is 27.0 Å². The van der Waals surface area contributed by atoms with E-state index in [2.05, 4.69) is 18.0 Å². The molecule has 1 aromatic rings. The van der Waals surface area contributed by atoms with Crippen molar-refractivity contribution in [3.05, 3.63) is 28.8 Å². The van der Waals surface area contributed by atoms with Crippen LogP contribution in [0.5, 0.6) is 0 Å². The van der Waals surface area contributed by atoms with E-state index in [0.717, 1.165) is 5.69 Å². The second-order valence-electron chi connectivity index (χ2n) is 4.68. The van der Waals surface area contributed by atoms with Gasteiger partial charge in [0.05, 0.1) is 22.3 Å². The van der Waals surface area contributed by atoms with Crippen molar-refractivity contribution in [3.63, 3.8) is 0 Å². The minimum atomic E-state index is 0.592. The molecule has 0 bridgehead atoms. The minimum Gasteiger partial charge on any atom is -0.370 e. The second kappa shape index (κ2) is 5.42. The lowest BCUT2D eigenvalue weighted by molar-refractivity contribution is 0.427.